The number of hydrogen-bond donors (Lipinski definition) is 1. The van der Waals surface area contributed by atoms with E-state index in [1.54, 1.807) is 0 Å². The van der Waals surface area contributed by atoms with Crippen molar-refractivity contribution in [3.05, 3.63) is 0 Å². The zero-order chi connectivity index (χ0) is 10.8. The molecule has 0 spiro atoms. The average Bonchev–Trinajstić information content (AvgIpc) is 2.08. The third-order valence-electron chi connectivity index (χ3n) is 3.16. The number of likely N-dealkylation sites (tertiary alicyclic amines) is 1. The standard InChI is InChI=1S/C12H26N2/c1-10(2)7-12(13)6-5-11(3)8-14(4)9-12/h10-11H,5-9,13H2,1-4H3. The van der Waals surface area contributed by atoms with Gasteiger partial charge in [-0.25, -0.2) is 0 Å². The first-order valence-corrected chi connectivity index (χ1v) is 5.89. The zero-order valence-corrected chi connectivity index (χ0v) is 10.2. The molecule has 1 aliphatic heterocycles. The summed E-state index contributed by atoms with van der Waals surface area (Å²) in [6.45, 7) is 9.13. The van der Waals surface area contributed by atoms with Gasteiger partial charge in [0, 0.05) is 18.6 Å². The average molecular weight is 198 g/mol. The van der Waals surface area contributed by atoms with Gasteiger partial charge in [-0.3, -0.25) is 0 Å². The fourth-order valence-electron chi connectivity index (χ4n) is 2.82. The molecular weight excluding hydrogens is 172 g/mol. The third kappa shape index (κ3) is 3.58. The quantitative estimate of drug-likeness (QED) is 0.736. The third-order valence-corrected chi connectivity index (χ3v) is 3.16. The van der Waals surface area contributed by atoms with Gasteiger partial charge in [0.1, 0.15) is 0 Å². The van der Waals surface area contributed by atoms with E-state index in [1.165, 1.54) is 19.4 Å². The molecule has 0 bridgehead atoms. The minimum atomic E-state index is 0.0632. The van der Waals surface area contributed by atoms with E-state index < -0.39 is 0 Å². The Morgan fingerprint density at radius 1 is 1.50 bits per heavy atom. The summed E-state index contributed by atoms with van der Waals surface area (Å²) in [4.78, 5) is 2.40. The van der Waals surface area contributed by atoms with Gasteiger partial charge in [-0.15, -0.1) is 0 Å². The molecule has 0 aliphatic carbocycles. The van der Waals surface area contributed by atoms with Crippen LogP contribution in [0.2, 0.25) is 0 Å². The van der Waals surface area contributed by atoms with Gasteiger partial charge in [-0.2, -0.15) is 0 Å². The highest BCUT2D eigenvalue weighted by atomic mass is 15.1. The van der Waals surface area contributed by atoms with Crippen molar-refractivity contribution < 1.29 is 0 Å². The van der Waals surface area contributed by atoms with Crippen molar-refractivity contribution in [2.24, 2.45) is 17.6 Å². The van der Waals surface area contributed by atoms with Crippen molar-refractivity contribution in [2.45, 2.75) is 45.6 Å². The molecule has 2 atom stereocenters. The fraction of sp³-hybridized carbons (Fsp3) is 1.00. The maximum absolute atomic E-state index is 6.47. The van der Waals surface area contributed by atoms with Crippen LogP contribution >= 0.6 is 0 Å². The first kappa shape index (κ1) is 12.0. The van der Waals surface area contributed by atoms with Gasteiger partial charge in [0.25, 0.3) is 0 Å². The summed E-state index contributed by atoms with van der Waals surface area (Å²) >= 11 is 0. The molecule has 0 aromatic heterocycles. The lowest BCUT2D eigenvalue weighted by Gasteiger charge is -2.32. The predicted octanol–water partition coefficient (Wildman–Crippen LogP) is 2.09. The Hall–Kier alpha value is -0.0800. The second kappa shape index (κ2) is 4.63. The predicted molar refractivity (Wildman–Crippen MR) is 62.3 cm³/mol. The lowest BCUT2D eigenvalue weighted by Crippen LogP contribution is -2.48. The minimum Gasteiger partial charge on any atom is -0.324 e. The van der Waals surface area contributed by atoms with Gasteiger partial charge in [-0.05, 0) is 38.1 Å². The second-order valence-electron chi connectivity index (χ2n) is 5.80. The molecule has 1 rings (SSSR count). The molecular formula is C12H26N2. The van der Waals surface area contributed by atoms with Gasteiger partial charge in [0.15, 0.2) is 0 Å². The zero-order valence-electron chi connectivity index (χ0n) is 10.2. The molecule has 1 fully saturated rings. The van der Waals surface area contributed by atoms with Crippen LogP contribution in [0.15, 0.2) is 0 Å². The molecule has 2 unspecified atom stereocenters. The van der Waals surface area contributed by atoms with Gasteiger partial charge >= 0.3 is 0 Å². The highest BCUT2D eigenvalue weighted by Gasteiger charge is 2.30. The normalized spacial score (nSPS) is 36.0. The van der Waals surface area contributed by atoms with Gasteiger partial charge < -0.3 is 10.6 Å². The molecule has 1 heterocycles. The van der Waals surface area contributed by atoms with E-state index in [1.807, 2.05) is 0 Å². The van der Waals surface area contributed by atoms with E-state index >= 15 is 0 Å². The number of nitrogens with two attached hydrogens (primary N) is 1. The van der Waals surface area contributed by atoms with Crippen molar-refractivity contribution in [3.63, 3.8) is 0 Å². The summed E-state index contributed by atoms with van der Waals surface area (Å²) in [5.74, 6) is 1.51. The van der Waals surface area contributed by atoms with Crippen molar-refractivity contribution in [1.82, 2.24) is 4.90 Å². The Kier molecular flexibility index (Phi) is 3.96. The molecule has 2 N–H and O–H groups in total. The van der Waals surface area contributed by atoms with Crippen LogP contribution in [0.1, 0.15) is 40.0 Å². The minimum absolute atomic E-state index is 0.0632. The highest BCUT2D eigenvalue weighted by Crippen LogP contribution is 2.26. The van der Waals surface area contributed by atoms with Crippen molar-refractivity contribution in [1.29, 1.82) is 0 Å². The molecule has 0 saturated carbocycles. The highest BCUT2D eigenvalue weighted by molar-refractivity contribution is 4.91. The summed E-state index contributed by atoms with van der Waals surface area (Å²) < 4.78 is 0. The Morgan fingerprint density at radius 3 is 2.71 bits per heavy atom. The maximum atomic E-state index is 6.47. The summed E-state index contributed by atoms with van der Waals surface area (Å²) in [5.41, 5.74) is 6.53. The van der Waals surface area contributed by atoms with Crippen LogP contribution in [0.4, 0.5) is 0 Å². The molecule has 1 saturated heterocycles. The van der Waals surface area contributed by atoms with Crippen LogP contribution in [0.5, 0.6) is 0 Å². The first-order valence-electron chi connectivity index (χ1n) is 5.89. The van der Waals surface area contributed by atoms with Gasteiger partial charge in [-0.1, -0.05) is 20.8 Å². The summed E-state index contributed by atoms with van der Waals surface area (Å²) in [6, 6.07) is 0. The largest absolute Gasteiger partial charge is 0.324 e. The number of likely N-dealkylation sites (N-methyl/N-ethyl adjacent to an activating group) is 1. The molecule has 0 aromatic carbocycles. The summed E-state index contributed by atoms with van der Waals surface area (Å²) in [5, 5.41) is 0. The monoisotopic (exact) mass is 198 g/mol. The van der Waals surface area contributed by atoms with Crippen LogP contribution in [-0.2, 0) is 0 Å². The lowest BCUT2D eigenvalue weighted by atomic mass is 9.85. The lowest BCUT2D eigenvalue weighted by molar-refractivity contribution is 0.230. The van der Waals surface area contributed by atoms with Crippen molar-refractivity contribution >= 4 is 0 Å². The Bertz CT molecular complexity index is 179. The van der Waals surface area contributed by atoms with E-state index in [2.05, 4.69) is 32.7 Å². The molecule has 14 heavy (non-hydrogen) atoms. The summed E-state index contributed by atoms with van der Waals surface area (Å²) in [7, 11) is 2.20. The van der Waals surface area contributed by atoms with E-state index in [0.29, 0.717) is 5.92 Å². The molecule has 1 aliphatic rings. The molecule has 2 nitrogen and oxygen atoms in total. The van der Waals surface area contributed by atoms with Crippen LogP contribution in [0, 0.1) is 11.8 Å². The van der Waals surface area contributed by atoms with Crippen molar-refractivity contribution in [2.75, 3.05) is 20.1 Å². The fourth-order valence-corrected chi connectivity index (χ4v) is 2.82. The summed E-state index contributed by atoms with van der Waals surface area (Å²) in [6.07, 6.45) is 3.63. The Labute approximate surface area is 88.8 Å². The van der Waals surface area contributed by atoms with E-state index in [0.717, 1.165) is 18.9 Å². The van der Waals surface area contributed by atoms with Crippen LogP contribution in [0.3, 0.4) is 0 Å². The number of hydrogen-bond acceptors (Lipinski definition) is 2. The molecule has 84 valence electrons. The molecule has 0 aromatic rings. The Morgan fingerprint density at radius 2 is 2.14 bits per heavy atom. The topological polar surface area (TPSA) is 29.3 Å². The van der Waals surface area contributed by atoms with Gasteiger partial charge in [0.2, 0.25) is 0 Å². The Balaban J connectivity index is 2.59. The SMILES string of the molecule is CC(C)CC1(N)CCC(C)CN(C)C1. The van der Waals surface area contributed by atoms with E-state index in [9.17, 15) is 0 Å². The molecule has 2 heteroatoms. The number of rotatable bonds is 2. The second-order valence-corrected chi connectivity index (χ2v) is 5.80. The van der Waals surface area contributed by atoms with E-state index in [4.69, 9.17) is 5.73 Å². The number of nitrogens with zero attached hydrogens (tertiary/aromatic N) is 1. The van der Waals surface area contributed by atoms with Crippen LogP contribution < -0.4 is 5.73 Å². The van der Waals surface area contributed by atoms with E-state index in [-0.39, 0.29) is 5.54 Å². The van der Waals surface area contributed by atoms with Crippen LogP contribution in [-0.4, -0.2) is 30.6 Å². The molecule has 0 amide bonds. The van der Waals surface area contributed by atoms with Crippen LogP contribution in [0.25, 0.3) is 0 Å². The first-order chi connectivity index (χ1) is 6.41. The molecule has 0 radical (unpaired) electrons. The van der Waals surface area contributed by atoms with Crippen molar-refractivity contribution in [3.8, 4) is 0 Å². The maximum Gasteiger partial charge on any atom is 0.0285 e. The smallest absolute Gasteiger partial charge is 0.0285 e. The van der Waals surface area contributed by atoms with Gasteiger partial charge in [0.05, 0.1) is 0 Å².